The lowest BCUT2D eigenvalue weighted by molar-refractivity contribution is 0.159. The van der Waals surface area contributed by atoms with Gasteiger partial charge in [-0.2, -0.15) is 0 Å². The van der Waals surface area contributed by atoms with Gasteiger partial charge in [-0.1, -0.05) is 0 Å². The second kappa shape index (κ2) is 8.54. The van der Waals surface area contributed by atoms with E-state index in [1.54, 1.807) is 37.4 Å². The molecule has 1 aromatic heterocycles. The fourth-order valence-corrected chi connectivity index (χ4v) is 3.92. The first-order chi connectivity index (χ1) is 11.9. The Morgan fingerprint density at radius 3 is 2.68 bits per heavy atom. The number of rotatable bonds is 6. The van der Waals surface area contributed by atoms with Gasteiger partial charge in [0.05, 0.1) is 20.8 Å². The number of ether oxygens (including phenoxy) is 1. The number of aromatic nitrogens is 2. The molecule has 134 valence electrons. The average Bonchev–Trinajstić information content (AvgIpc) is 2.57. The minimum absolute atomic E-state index is 0.190. The molecule has 0 spiro atoms. The van der Waals surface area contributed by atoms with Crippen LogP contribution in [0.3, 0.4) is 0 Å². The fourth-order valence-electron chi connectivity index (χ4n) is 1.80. The molecule has 1 atom stereocenters. The molecule has 1 aromatic carbocycles. The summed E-state index contributed by atoms with van der Waals surface area (Å²) in [6.45, 7) is 1.85. The number of anilines is 2. The largest absolute Gasteiger partial charge is 0.449 e. The van der Waals surface area contributed by atoms with Crippen molar-refractivity contribution in [1.82, 2.24) is 14.7 Å². The van der Waals surface area contributed by atoms with Crippen LogP contribution in [-0.2, 0) is 14.4 Å². The predicted molar refractivity (Wildman–Crippen MR) is 105 cm³/mol. The number of amides is 1. The summed E-state index contributed by atoms with van der Waals surface area (Å²) in [5.41, 5.74) is 0.712. The first kappa shape index (κ1) is 19.5. The van der Waals surface area contributed by atoms with Crippen LogP contribution in [0.5, 0.6) is 0 Å². The van der Waals surface area contributed by atoms with E-state index in [1.165, 1.54) is 11.8 Å². The van der Waals surface area contributed by atoms with Crippen molar-refractivity contribution in [3.05, 3.63) is 34.9 Å². The predicted octanol–water partition coefficient (Wildman–Crippen LogP) is 3.44. The SMILES string of the molecule is C=S(=O)(NC(=O)OCC)c1ccc(Nc2ncc(Br)c(SC)n2)cc1. The quantitative estimate of drug-likeness (QED) is 0.400. The van der Waals surface area contributed by atoms with E-state index in [4.69, 9.17) is 4.74 Å². The molecule has 0 saturated heterocycles. The molecule has 0 aliphatic rings. The highest BCUT2D eigenvalue weighted by atomic mass is 79.9. The topological polar surface area (TPSA) is 93.2 Å². The lowest BCUT2D eigenvalue weighted by Gasteiger charge is -2.12. The van der Waals surface area contributed by atoms with E-state index in [2.05, 4.69) is 41.8 Å². The molecule has 2 aromatic rings. The molecule has 1 unspecified atom stereocenters. The molecule has 0 fully saturated rings. The lowest BCUT2D eigenvalue weighted by atomic mass is 10.3. The van der Waals surface area contributed by atoms with Crippen LogP contribution in [0.25, 0.3) is 0 Å². The van der Waals surface area contributed by atoms with Gasteiger partial charge in [0, 0.05) is 16.8 Å². The zero-order valence-corrected chi connectivity index (χ0v) is 16.8. The van der Waals surface area contributed by atoms with Crippen molar-refractivity contribution >= 4 is 61.0 Å². The number of nitrogens with zero attached hydrogens (tertiary/aromatic N) is 2. The molecule has 0 radical (unpaired) electrons. The summed E-state index contributed by atoms with van der Waals surface area (Å²) in [7, 11) is -2.98. The van der Waals surface area contributed by atoms with Crippen molar-refractivity contribution in [3.63, 3.8) is 0 Å². The molecule has 0 aliphatic carbocycles. The summed E-state index contributed by atoms with van der Waals surface area (Å²) in [5.74, 6) is 4.02. The van der Waals surface area contributed by atoms with E-state index >= 15 is 0 Å². The molecular weight excluding hydrogens is 428 g/mol. The summed E-state index contributed by atoms with van der Waals surface area (Å²) >= 11 is 4.88. The van der Waals surface area contributed by atoms with Gasteiger partial charge in [0.1, 0.15) is 5.03 Å². The zero-order valence-electron chi connectivity index (χ0n) is 13.6. The summed E-state index contributed by atoms with van der Waals surface area (Å²) < 4.78 is 20.3. The molecular formula is C15H17BrN4O3S2. The zero-order chi connectivity index (χ0) is 18.4. The number of hydrogen-bond acceptors (Lipinski definition) is 7. The van der Waals surface area contributed by atoms with Crippen molar-refractivity contribution in [2.75, 3.05) is 18.2 Å². The monoisotopic (exact) mass is 444 g/mol. The van der Waals surface area contributed by atoms with Gasteiger partial charge in [-0.15, -0.1) is 11.8 Å². The highest BCUT2D eigenvalue weighted by Crippen LogP contribution is 2.25. The summed E-state index contributed by atoms with van der Waals surface area (Å²) in [6, 6.07) is 6.63. The molecule has 0 saturated carbocycles. The number of carbonyl (C=O) groups excluding carboxylic acids is 1. The molecule has 0 bridgehead atoms. The number of nitrogens with one attached hydrogen (secondary N) is 2. The van der Waals surface area contributed by atoms with Gasteiger partial charge >= 0.3 is 6.09 Å². The highest BCUT2D eigenvalue weighted by molar-refractivity contribution is 9.10. The van der Waals surface area contributed by atoms with Crippen molar-refractivity contribution < 1.29 is 13.7 Å². The first-order valence-electron chi connectivity index (χ1n) is 7.11. The first-order valence-corrected chi connectivity index (χ1v) is 10.9. The smallest absolute Gasteiger partial charge is 0.418 e. The number of thioether (sulfide) groups is 1. The molecule has 10 heteroatoms. The third-order valence-corrected chi connectivity index (χ3v) is 5.99. The van der Waals surface area contributed by atoms with E-state index in [-0.39, 0.29) is 6.61 Å². The third kappa shape index (κ3) is 5.35. The van der Waals surface area contributed by atoms with Crippen LogP contribution in [0.2, 0.25) is 0 Å². The van der Waals surface area contributed by atoms with Gasteiger partial charge in [-0.3, -0.25) is 0 Å². The van der Waals surface area contributed by atoms with Crippen LogP contribution in [0.1, 0.15) is 6.92 Å². The van der Waals surface area contributed by atoms with E-state index in [1.807, 2.05) is 6.26 Å². The third-order valence-electron chi connectivity index (χ3n) is 2.92. The van der Waals surface area contributed by atoms with Gasteiger partial charge in [-0.25, -0.2) is 23.7 Å². The molecule has 1 amide bonds. The molecule has 25 heavy (non-hydrogen) atoms. The van der Waals surface area contributed by atoms with Crippen molar-refractivity contribution in [3.8, 4) is 0 Å². The number of benzene rings is 1. The Balaban J connectivity index is 2.13. The summed E-state index contributed by atoms with van der Waals surface area (Å²) in [6.07, 6.45) is 2.83. The Morgan fingerprint density at radius 1 is 1.40 bits per heavy atom. The van der Waals surface area contributed by atoms with Crippen LogP contribution >= 0.6 is 27.7 Å². The summed E-state index contributed by atoms with van der Waals surface area (Å²) in [4.78, 5) is 20.4. The highest BCUT2D eigenvalue weighted by Gasteiger charge is 2.12. The second-order valence-electron chi connectivity index (χ2n) is 4.70. The molecule has 1 heterocycles. The van der Waals surface area contributed by atoms with Crippen molar-refractivity contribution in [2.24, 2.45) is 0 Å². The normalized spacial score (nSPS) is 12.9. The molecule has 7 nitrogen and oxygen atoms in total. The minimum Gasteiger partial charge on any atom is -0.449 e. The Hall–Kier alpha value is -1.78. The van der Waals surface area contributed by atoms with Crippen LogP contribution in [0.4, 0.5) is 16.4 Å². The second-order valence-corrected chi connectivity index (χ2v) is 8.37. The van der Waals surface area contributed by atoms with Crippen molar-refractivity contribution in [2.45, 2.75) is 16.8 Å². The Bertz CT molecular complexity index is 858. The number of halogens is 1. The maximum absolute atomic E-state index is 12.5. The number of carbonyl (C=O) groups is 1. The Labute approximate surface area is 159 Å². The van der Waals surface area contributed by atoms with E-state index in [0.717, 1.165) is 9.50 Å². The van der Waals surface area contributed by atoms with Gasteiger partial charge in [0.2, 0.25) is 5.95 Å². The van der Waals surface area contributed by atoms with Crippen molar-refractivity contribution in [1.29, 1.82) is 0 Å². The van der Waals surface area contributed by atoms with Gasteiger partial charge in [-0.05, 0) is 59.2 Å². The molecule has 2 N–H and O–H groups in total. The molecule has 2 rings (SSSR count). The standard InChI is InChI=1S/C15H17BrN4O3S2/c1-4-23-15(21)20-25(3,22)11-7-5-10(6-8-11)18-14-17-9-12(16)13(19-14)24-2/h5-9H,3-4H2,1-2H3,(H,17,18,19)(H,20,21,22). The Kier molecular flexibility index (Phi) is 6.68. The van der Waals surface area contributed by atoms with Crippen LogP contribution in [-0.4, -0.2) is 39.0 Å². The number of hydrogen-bond donors (Lipinski definition) is 2. The minimum atomic E-state index is -2.98. The Morgan fingerprint density at radius 2 is 2.08 bits per heavy atom. The van der Waals surface area contributed by atoms with E-state index in [0.29, 0.717) is 16.5 Å². The average molecular weight is 445 g/mol. The maximum atomic E-state index is 12.5. The molecule has 0 aliphatic heterocycles. The summed E-state index contributed by atoms with van der Waals surface area (Å²) in [5, 5.41) is 3.88. The van der Waals surface area contributed by atoms with Gasteiger partial charge in [0.15, 0.2) is 0 Å². The van der Waals surface area contributed by atoms with Gasteiger partial charge in [0.25, 0.3) is 0 Å². The van der Waals surface area contributed by atoms with E-state index in [9.17, 15) is 9.00 Å². The van der Waals surface area contributed by atoms with Crippen LogP contribution in [0, 0.1) is 0 Å². The maximum Gasteiger partial charge on any atom is 0.418 e. The van der Waals surface area contributed by atoms with Gasteiger partial charge < -0.3 is 10.1 Å². The van der Waals surface area contributed by atoms with Crippen LogP contribution < -0.4 is 10.0 Å². The van der Waals surface area contributed by atoms with Crippen LogP contribution in [0.15, 0.2) is 44.9 Å². The van der Waals surface area contributed by atoms with E-state index < -0.39 is 15.8 Å². The fraction of sp³-hybridized carbons (Fsp3) is 0.200. The lowest BCUT2D eigenvalue weighted by Crippen LogP contribution is -2.30.